The van der Waals surface area contributed by atoms with Crippen molar-refractivity contribution in [3.63, 3.8) is 0 Å². The molecule has 3 N–H and O–H groups in total. The number of nitrogens with two attached hydrogens (primary N) is 1. The Labute approximate surface area is 59.1 Å². The van der Waals surface area contributed by atoms with Crippen LogP contribution in [0.1, 0.15) is 6.42 Å². The lowest BCUT2D eigenvalue weighted by atomic mass is 10.2. The average molecular weight is 146 g/mol. The van der Waals surface area contributed by atoms with Crippen LogP contribution in [0.5, 0.6) is 0 Å². The summed E-state index contributed by atoms with van der Waals surface area (Å²) in [5, 5.41) is 2.30. The summed E-state index contributed by atoms with van der Waals surface area (Å²) in [5.41, 5.74) is 5.22. The standard InChI is InChI=1S/C6H11FN2O/c1-4(7)3-5(8)6(10)9-2/h5H,1,3,8H2,2H3,(H,9,10). The van der Waals surface area contributed by atoms with E-state index in [0.717, 1.165) is 0 Å². The highest BCUT2D eigenvalue weighted by atomic mass is 19.1. The molecule has 0 bridgehead atoms. The van der Waals surface area contributed by atoms with Crippen LogP contribution in [0, 0.1) is 0 Å². The van der Waals surface area contributed by atoms with E-state index in [0.29, 0.717) is 0 Å². The molecule has 0 saturated heterocycles. The van der Waals surface area contributed by atoms with Crippen molar-refractivity contribution in [3.8, 4) is 0 Å². The number of carbonyl (C=O) groups excluding carboxylic acids is 1. The minimum atomic E-state index is -0.817. The first-order valence-corrected chi connectivity index (χ1v) is 2.88. The van der Waals surface area contributed by atoms with Gasteiger partial charge in [-0.3, -0.25) is 4.79 Å². The zero-order valence-corrected chi connectivity index (χ0v) is 5.86. The van der Waals surface area contributed by atoms with Crippen molar-refractivity contribution in [1.82, 2.24) is 5.32 Å². The van der Waals surface area contributed by atoms with E-state index < -0.39 is 11.9 Å². The third-order valence-corrected chi connectivity index (χ3v) is 1.02. The van der Waals surface area contributed by atoms with Crippen molar-refractivity contribution in [2.75, 3.05) is 7.05 Å². The van der Waals surface area contributed by atoms with Crippen molar-refractivity contribution in [2.24, 2.45) is 5.73 Å². The van der Waals surface area contributed by atoms with Gasteiger partial charge < -0.3 is 11.1 Å². The number of hydrogen-bond acceptors (Lipinski definition) is 2. The van der Waals surface area contributed by atoms with Crippen molar-refractivity contribution in [1.29, 1.82) is 0 Å². The van der Waals surface area contributed by atoms with E-state index in [2.05, 4.69) is 11.9 Å². The number of halogens is 1. The van der Waals surface area contributed by atoms with Gasteiger partial charge in [0.25, 0.3) is 0 Å². The van der Waals surface area contributed by atoms with Gasteiger partial charge >= 0.3 is 0 Å². The van der Waals surface area contributed by atoms with Crippen LogP contribution in [0.2, 0.25) is 0 Å². The maximum Gasteiger partial charge on any atom is 0.237 e. The van der Waals surface area contributed by atoms with Crippen molar-refractivity contribution in [3.05, 3.63) is 12.4 Å². The molecule has 0 aromatic heterocycles. The normalized spacial score (nSPS) is 12.3. The highest BCUT2D eigenvalue weighted by Crippen LogP contribution is 2.01. The molecular weight excluding hydrogens is 135 g/mol. The Kier molecular flexibility index (Phi) is 3.64. The molecule has 0 aliphatic rings. The zero-order valence-electron chi connectivity index (χ0n) is 5.86. The first-order valence-electron chi connectivity index (χ1n) is 2.88. The van der Waals surface area contributed by atoms with Gasteiger partial charge in [-0.15, -0.1) is 0 Å². The molecule has 0 aliphatic heterocycles. The second-order valence-corrected chi connectivity index (χ2v) is 1.94. The monoisotopic (exact) mass is 146 g/mol. The van der Waals surface area contributed by atoms with E-state index in [1.54, 1.807) is 0 Å². The smallest absolute Gasteiger partial charge is 0.237 e. The third-order valence-electron chi connectivity index (χ3n) is 1.02. The maximum absolute atomic E-state index is 12.0. The predicted octanol–water partition coefficient (Wildman–Crippen LogP) is -0.0670. The predicted molar refractivity (Wildman–Crippen MR) is 36.9 cm³/mol. The molecule has 3 nitrogen and oxygen atoms in total. The molecule has 0 radical (unpaired) electrons. The molecule has 0 spiro atoms. The van der Waals surface area contributed by atoms with Gasteiger partial charge in [0.2, 0.25) is 5.91 Å². The van der Waals surface area contributed by atoms with Crippen LogP contribution in [0.4, 0.5) is 4.39 Å². The van der Waals surface area contributed by atoms with Gasteiger partial charge in [-0.1, -0.05) is 6.58 Å². The fourth-order valence-electron chi connectivity index (χ4n) is 0.517. The molecule has 0 fully saturated rings. The summed E-state index contributed by atoms with van der Waals surface area (Å²) in [4.78, 5) is 10.6. The molecule has 1 amide bonds. The van der Waals surface area contributed by atoms with Crippen LogP contribution >= 0.6 is 0 Å². The topological polar surface area (TPSA) is 55.1 Å². The quantitative estimate of drug-likeness (QED) is 0.585. The summed E-state index contributed by atoms with van der Waals surface area (Å²) in [6.07, 6.45) is -0.111. The Balaban J connectivity index is 3.72. The molecule has 0 heterocycles. The highest BCUT2D eigenvalue weighted by molar-refractivity contribution is 5.81. The number of hydrogen-bond donors (Lipinski definition) is 2. The number of rotatable bonds is 3. The van der Waals surface area contributed by atoms with Crippen LogP contribution in [0.15, 0.2) is 12.4 Å². The molecule has 10 heavy (non-hydrogen) atoms. The molecular formula is C6H11FN2O. The van der Waals surface area contributed by atoms with E-state index in [1.807, 2.05) is 0 Å². The maximum atomic E-state index is 12.0. The van der Waals surface area contributed by atoms with E-state index in [1.165, 1.54) is 7.05 Å². The molecule has 1 unspecified atom stereocenters. The number of carbonyl (C=O) groups is 1. The lowest BCUT2D eigenvalue weighted by Crippen LogP contribution is -2.38. The summed E-state index contributed by atoms with van der Waals surface area (Å²) in [6, 6.07) is -0.817. The summed E-state index contributed by atoms with van der Waals surface area (Å²) in [5.74, 6) is -0.949. The molecule has 0 aliphatic carbocycles. The third kappa shape index (κ3) is 3.19. The first-order chi connectivity index (χ1) is 4.57. The van der Waals surface area contributed by atoms with Crippen LogP contribution in [-0.4, -0.2) is 19.0 Å². The molecule has 4 heteroatoms. The van der Waals surface area contributed by atoms with Gasteiger partial charge in [0.1, 0.15) is 0 Å². The number of amides is 1. The second-order valence-electron chi connectivity index (χ2n) is 1.94. The van der Waals surface area contributed by atoms with Crippen LogP contribution < -0.4 is 11.1 Å². The van der Waals surface area contributed by atoms with Gasteiger partial charge in [-0.2, -0.15) is 0 Å². The van der Waals surface area contributed by atoms with E-state index >= 15 is 0 Å². The first kappa shape index (κ1) is 9.10. The summed E-state index contributed by atoms with van der Waals surface area (Å²) in [6.45, 7) is 2.99. The van der Waals surface area contributed by atoms with Gasteiger partial charge in [0.05, 0.1) is 11.9 Å². The summed E-state index contributed by atoms with van der Waals surface area (Å²) < 4.78 is 12.0. The van der Waals surface area contributed by atoms with Gasteiger partial charge in [0.15, 0.2) is 0 Å². The van der Waals surface area contributed by atoms with E-state index in [9.17, 15) is 9.18 Å². The Morgan fingerprint density at radius 3 is 2.70 bits per heavy atom. The van der Waals surface area contributed by atoms with E-state index in [4.69, 9.17) is 5.73 Å². The largest absolute Gasteiger partial charge is 0.358 e. The van der Waals surface area contributed by atoms with Gasteiger partial charge in [0, 0.05) is 13.5 Å². The van der Waals surface area contributed by atoms with Crippen LogP contribution in [0.25, 0.3) is 0 Å². The molecule has 1 atom stereocenters. The zero-order chi connectivity index (χ0) is 8.15. The molecule has 58 valence electrons. The fraction of sp³-hybridized carbons (Fsp3) is 0.500. The van der Waals surface area contributed by atoms with Crippen molar-refractivity contribution >= 4 is 5.91 Å². The summed E-state index contributed by atoms with van der Waals surface area (Å²) in [7, 11) is 1.45. The average Bonchev–Trinajstić information content (AvgIpc) is 1.85. The van der Waals surface area contributed by atoms with Gasteiger partial charge in [-0.05, 0) is 0 Å². The van der Waals surface area contributed by atoms with Crippen molar-refractivity contribution < 1.29 is 9.18 Å². The molecule has 0 rings (SSSR count). The Hall–Kier alpha value is -0.900. The van der Waals surface area contributed by atoms with Crippen molar-refractivity contribution in [2.45, 2.75) is 12.5 Å². The van der Waals surface area contributed by atoms with Crippen LogP contribution in [0.3, 0.4) is 0 Å². The SMILES string of the molecule is C=C(F)CC(N)C(=O)NC. The van der Waals surface area contributed by atoms with E-state index in [-0.39, 0.29) is 12.3 Å². The fourth-order valence-corrected chi connectivity index (χ4v) is 0.517. The van der Waals surface area contributed by atoms with Crippen LogP contribution in [-0.2, 0) is 4.79 Å². The van der Waals surface area contributed by atoms with Gasteiger partial charge in [-0.25, -0.2) is 4.39 Å². The lowest BCUT2D eigenvalue weighted by Gasteiger charge is -2.06. The number of likely N-dealkylation sites (N-methyl/N-ethyl adjacent to an activating group) is 1. The minimum absolute atomic E-state index is 0.111. The Morgan fingerprint density at radius 2 is 2.40 bits per heavy atom. The number of nitrogens with one attached hydrogen (secondary N) is 1. The Bertz CT molecular complexity index is 147. The highest BCUT2D eigenvalue weighted by Gasteiger charge is 2.11. The summed E-state index contributed by atoms with van der Waals surface area (Å²) >= 11 is 0. The molecule has 0 saturated carbocycles. The second kappa shape index (κ2) is 4.00. The minimum Gasteiger partial charge on any atom is -0.358 e. The molecule has 0 aromatic rings. The Morgan fingerprint density at radius 1 is 1.90 bits per heavy atom. The molecule has 0 aromatic carbocycles. The lowest BCUT2D eigenvalue weighted by molar-refractivity contribution is -0.121.